The van der Waals surface area contributed by atoms with Gasteiger partial charge >= 0.3 is 0 Å². The number of hydrogen-bond donors (Lipinski definition) is 1. The lowest BCUT2D eigenvalue weighted by Crippen LogP contribution is -1.98. The Labute approximate surface area is 62.2 Å². The van der Waals surface area contributed by atoms with E-state index in [1.807, 2.05) is 0 Å². The van der Waals surface area contributed by atoms with Crippen LogP contribution in [-0.4, -0.2) is 19.0 Å². The lowest BCUT2D eigenvalue weighted by atomic mass is 10.3. The maximum absolute atomic E-state index is 5.26. The molecule has 1 saturated carbocycles. The average molecular weight is 146 g/mol. The van der Waals surface area contributed by atoms with Gasteiger partial charge in [-0.15, -0.1) is 0 Å². The van der Waals surface area contributed by atoms with Crippen molar-refractivity contribution in [2.45, 2.75) is 19.3 Å². The molecular weight excluding hydrogens is 132 g/mol. The third-order valence-corrected chi connectivity index (χ3v) is 1.79. The van der Waals surface area contributed by atoms with Crippen LogP contribution < -0.4 is 0 Å². The van der Waals surface area contributed by atoms with E-state index in [9.17, 15) is 0 Å². The zero-order valence-corrected chi connectivity index (χ0v) is 6.57. The largest absolute Gasteiger partial charge is 0.381 e. The van der Waals surface area contributed by atoms with Crippen LogP contribution in [0.25, 0.3) is 0 Å². The quantitative estimate of drug-likeness (QED) is 0.459. The molecule has 0 aromatic heterocycles. The van der Waals surface area contributed by atoms with Gasteiger partial charge in [0.05, 0.1) is 6.61 Å². The Morgan fingerprint density at radius 2 is 2.11 bits per heavy atom. The van der Waals surface area contributed by atoms with Crippen molar-refractivity contribution in [3.05, 3.63) is 0 Å². The highest BCUT2D eigenvalue weighted by Gasteiger charge is 2.20. The average Bonchev–Trinajstić information content (AvgIpc) is 2.63. The van der Waals surface area contributed by atoms with Crippen LogP contribution in [-0.2, 0) is 4.74 Å². The van der Waals surface area contributed by atoms with Gasteiger partial charge in [-0.25, -0.2) is 0 Å². The summed E-state index contributed by atoms with van der Waals surface area (Å²) in [6.07, 6.45) is 4.14. The highest BCUT2D eigenvalue weighted by Crippen LogP contribution is 2.31. The van der Waals surface area contributed by atoms with E-state index in [-0.39, 0.29) is 0 Å². The van der Waals surface area contributed by atoms with Crippen molar-refractivity contribution in [1.82, 2.24) is 0 Å². The standard InChI is InChI=1S/C7H14OS/c9-6-5-8-4-3-7-1-2-7/h7,9H,1-6H2. The summed E-state index contributed by atoms with van der Waals surface area (Å²) >= 11 is 4.04. The third-order valence-electron chi connectivity index (χ3n) is 1.60. The molecule has 1 rings (SSSR count). The zero-order chi connectivity index (χ0) is 6.53. The first kappa shape index (κ1) is 7.42. The summed E-state index contributed by atoms with van der Waals surface area (Å²) in [5.41, 5.74) is 0. The van der Waals surface area contributed by atoms with Gasteiger partial charge in [0, 0.05) is 12.4 Å². The minimum absolute atomic E-state index is 0.815. The Morgan fingerprint density at radius 1 is 1.33 bits per heavy atom. The van der Waals surface area contributed by atoms with Gasteiger partial charge in [-0.3, -0.25) is 0 Å². The van der Waals surface area contributed by atoms with Crippen LogP contribution in [0.4, 0.5) is 0 Å². The van der Waals surface area contributed by atoms with Crippen LogP contribution in [0.15, 0.2) is 0 Å². The van der Waals surface area contributed by atoms with Gasteiger partial charge in [0.1, 0.15) is 0 Å². The predicted molar refractivity (Wildman–Crippen MR) is 42.0 cm³/mol. The Kier molecular flexibility index (Phi) is 3.44. The van der Waals surface area contributed by atoms with Gasteiger partial charge in [-0.1, -0.05) is 12.8 Å². The first-order chi connectivity index (χ1) is 4.43. The second-order valence-corrected chi connectivity index (χ2v) is 3.02. The van der Waals surface area contributed by atoms with Crippen LogP contribution >= 0.6 is 12.6 Å². The molecule has 54 valence electrons. The Balaban J connectivity index is 1.71. The summed E-state index contributed by atoms with van der Waals surface area (Å²) in [5.74, 6) is 1.86. The molecule has 0 aliphatic heterocycles. The fourth-order valence-electron chi connectivity index (χ4n) is 0.823. The van der Waals surface area contributed by atoms with Gasteiger partial charge in [0.15, 0.2) is 0 Å². The van der Waals surface area contributed by atoms with Crippen molar-refractivity contribution in [2.24, 2.45) is 5.92 Å². The summed E-state index contributed by atoms with van der Waals surface area (Å²) in [4.78, 5) is 0. The topological polar surface area (TPSA) is 9.23 Å². The first-order valence-corrected chi connectivity index (χ1v) is 4.25. The summed E-state index contributed by atoms with van der Waals surface area (Å²) in [5, 5.41) is 0. The molecule has 2 heteroatoms. The monoisotopic (exact) mass is 146 g/mol. The van der Waals surface area contributed by atoms with E-state index in [1.165, 1.54) is 19.3 Å². The van der Waals surface area contributed by atoms with Crippen LogP contribution in [0.2, 0.25) is 0 Å². The zero-order valence-electron chi connectivity index (χ0n) is 5.68. The molecule has 1 nitrogen and oxygen atoms in total. The van der Waals surface area contributed by atoms with Crippen LogP contribution in [0.3, 0.4) is 0 Å². The van der Waals surface area contributed by atoms with Gasteiger partial charge in [-0.05, 0) is 12.3 Å². The van der Waals surface area contributed by atoms with Crippen LogP contribution in [0.5, 0.6) is 0 Å². The molecule has 0 N–H and O–H groups in total. The van der Waals surface area contributed by atoms with E-state index in [0.717, 1.165) is 24.9 Å². The van der Waals surface area contributed by atoms with E-state index in [2.05, 4.69) is 12.6 Å². The van der Waals surface area contributed by atoms with E-state index >= 15 is 0 Å². The van der Waals surface area contributed by atoms with Crippen molar-refractivity contribution in [3.63, 3.8) is 0 Å². The number of rotatable bonds is 5. The van der Waals surface area contributed by atoms with E-state index in [0.29, 0.717) is 0 Å². The molecule has 0 heterocycles. The minimum Gasteiger partial charge on any atom is -0.381 e. The van der Waals surface area contributed by atoms with Gasteiger partial charge < -0.3 is 4.74 Å². The van der Waals surface area contributed by atoms with Crippen molar-refractivity contribution in [3.8, 4) is 0 Å². The van der Waals surface area contributed by atoms with E-state index in [1.54, 1.807) is 0 Å². The lowest BCUT2D eigenvalue weighted by Gasteiger charge is -1.98. The fraction of sp³-hybridized carbons (Fsp3) is 1.00. The predicted octanol–water partition coefficient (Wildman–Crippen LogP) is 1.73. The number of ether oxygens (including phenoxy) is 1. The Bertz CT molecular complexity index is 71.3. The van der Waals surface area contributed by atoms with Gasteiger partial charge in [-0.2, -0.15) is 12.6 Å². The van der Waals surface area contributed by atoms with Crippen LogP contribution in [0, 0.1) is 5.92 Å². The molecule has 9 heavy (non-hydrogen) atoms. The molecule has 1 aliphatic rings. The Morgan fingerprint density at radius 3 is 2.67 bits per heavy atom. The molecule has 0 unspecified atom stereocenters. The molecule has 0 aromatic rings. The molecule has 0 aromatic carbocycles. The molecule has 1 aliphatic carbocycles. The number of hydrogen-bond acceptors (Lipinski definition) is 2. The van der Waals surface area contributed by atoms with Gasteiger partial charge in [0.25, 0.3) is 0 Å². The summed E-state index contributed by atoms with van der Waals surface area (Å²) < 4.78 is 5.26. The van der Waals surface area contributed by atoms with Crippen LogP contribution in [0.1, 0.15) is 19.3 Å². The van der Waals surface area contributed by atoms with Gasteiger partial charge in [0.2, 0.25) is 0 Å². The van der Waals surface area contributed by atoms with Crippen molar-refractivity contribution in [2.75, 3.05) is 19.0 Å². The third kappa shape index (κ3) is 3.82. The van der Waals surface area contributed by atoms with Crippen molar-refractivity contribution in [1.29, 1.82) is 0 Å². The Hall–Kier alpha value is 0.310. The first-order valence-electron chi connectivity index (χ1n) is 3.62. The molecule has 0 bridgehead atoms. The molecule has 0 amide bonds. The lowest BCUT2D eigenvalue weighted by molar-refractivity contribution is 0.143. The summed E-state index contributed by atoms with van der Waals surface area (Å²) in [6.45, 7) is 1.76. The molecule has 0 radical (unpaired) electrons. The van der Waals surface area contributed by atoms with E-state index in [4.69, 9.17) is 4.74 Å². The minimum atomic E-state index is 0.815. The van der Waals surface area contributed by atoms with Crippen molar-refractivity contribution >= 4 is 12.6 Å². The maximum Gasteiger partial charge on any atom is 0.0554 e. The molecule has 0 spiro atoms. The summed E-state index contributed by atoms with van der Waals surface area (Å²) in [6, 6.07) is 0. The van der Waals surface area contributed by atoms with E-state index < -0.39 is 0 Å². The molecule has 1 fully saturated rings. The molecular formula is C7H14OS. The molecule has 0 saturated heterocycles. The second kappa shape index (κ2) is 4.18. The SMILES string of the molecule is SCCOCCC1CC1. The maximum atomic E-state index is 5.26. The second-order valence-electron chi connectivity index (χ2n) is 2.57. The fourth-order valence-corrected chi connectivity index (χ4v) is 0.952. The number of thiol groups is 1. The smallest absolute Gasteiger partial charge is 0.0554 e. The highest BCUT2D eigenvalue weighted by atomic mass is 32.1. The summed E-state index contributed by atoms with van der Waals surface area (Å²) in [7, 11) is 0. The van der Waals surface area contributed by atoms with Crippen molar-refractivity contribution < 1.29 is 4.74 Å². The highest BCUT2D eigenvalue weighted by molar-refractivity contribution is 7.80. The molecule has 0 atom stereocenters. The normalized spacial score (nSPS) is 18.3.